The molecule has 1 N–H and O–H groups in total. The first-order valence-electron chi connectivity index (χ1n) is 5.52. The Labute approximate surface area is 104 Å². The van der Waals surface area contributed by atoms with Crippen LogP contribution in [-0.2, 0) is 0 Å². The molecule has 0 amide bonds. The Hall–Kier alpha value is -2.36. The Balaban J connectivity index is 2.62. The van der Waals surface area contributed by atoms with Crippen LogP contribution in [0.1, 0.15) is 21.5 Å². The fourth-order valence-corrected chi connectivity index (χ4v) is 1.69. The number of carboxylic acid groups (broad SMARTS) is 1. The lowest BCUT2D eigenvalue weighted by atomic mass is 10.1. The monoisotopic (exact) mass is 243 g/mol. The molecule has 0 unspecified atom stereocenters. The molecule has 0 aliphatic rings. The van der Waals surface area contributed by atoms with E-state index in [1.165, 1.54) is 22.9 Å². The van der Waals surface area contributed by atoms with Gasteiger partial charge in [0.25, 0.3) is 5.56 Å². The van der Waals surface area contributed by atoms with E-state index in [9.17, 15) is 9.59 Å². The van der Waals surface area contributed by atoms with E-state index in [0.717, 1.165) is 11.1 Å². The van der Waals surface area contributed by atoms with Crippen molar-refractivity contribution in [3.05, 3.63) is 63.6 Å². The average molecular weight is 243 g/mol. The zero-order valence-electron chi connectivity index (χ0n) is 10.2. The van der Waals surface area contributed by atoms with Crippen molar-refractivity contribution in [2.45, 2.75) is 13.8 Å². The van der Waals surface area contributed by atoms with E-state index >= 15 is 0 Å². The highest BCUT2D eigenvalue weighted by molar-refractivity contribution is 5.87. The molecule has 1 aromatic heterocycles. The van der Waals surface area contributed by atoms with Gasteiger partial charge in [-0.25, -0.2) is 4.79 Å². The van der Waals surface area contributed by atoms with Crippen LogP contribution in [0.3, 0.4) is 0 Å². The Morgan fingerprint density at radius 3 is 2.44 bits per heavy atom. The second-order valence-corrected chi connectivity index (χ2v) is 4.20. The molecule has 0 saturated carbocycles. The van der Waals surface area contributed by atoms with Crippen LogP contribution in [-0.4, -0.2) is 15.6 Å². The summed E-state index contributed by atoms with van der Waals surface area (Å²) in [5.41, 5.74) is 2.70. The Kier molecular flexibility index (Phi) is 3.02. The van der Waals surface area contributed by atoms with Crippen molar-refractivity contribution < 1.29 is 9.90 Å². The van der Waals surface area contributed by atoms with Gasteiger partial charge in [0.15, 0.2) is 0 Å². The van der Waals surface area contributed by atoms with Crippen molar-refractivity contribution >= 4 is 5.97 Å². The molecule has 2 aromatic rings. The second kappa shape index (κ2) is 4.49. The number of nitrogens with zero attached hydrogens (tertiary/aromatic N) is 1. The maximum Gasteiger partial charge on any atom is 0.337 e. The molecule has 1 heterocycles. The van der Waals surface area contributed by atoms with Crippen LogP contribution in [0.15, 0.2) is 41.3 Å². The molecular formula is C14H13NO3. The third-order valence-electron chi connectivity index (χ3n) is 2.93. The molecule has 1 aromatic carbocycles. The lowest BCUT2D eigenvalue weighted by Gasteiger charge is -2.08. The van der Waals surface area contributed by atoms with Gasteiger partial charge in [0.2, 0.25) is 0 Å². The summed E-state index contributed by atoms with van der Waals surface area (Å²) in [6.07, 6.45) is 1.34. The van der Waals surface area contributed by atoms with Crippen molar-refractivity contribution in [3.8, 4) is 5.69 Å². The van der Waals surface area contributed by atoms with E-state index in [1.807, 2.05) is 26.0 Å². The Bertz CT molecular complexity index is 671. The predicted molar refractivity (Wildman–Crippen MR) is 68.5 cm³/mol. The van der Waals surface area contributed by atoms with Gasteiger partial charge >= 0.3 is 5.97 Å². The average Bonchev–Trinajstić information content (AvgIpc) is 2.33. The van der Waals surface area contributed by atoms with Gasteiger partial charge in [-0.3, -0.25) is 9.36 Å². The van der Waals surface area contributed by atoms with Crippen molar-refractivity contribution in [1.29, 1.82) is 0 Å². The summed E-state index contributed by atoms with van der Waals surface area (Å²) < 4.78 is 1.34. The van der Waals surface area contributed by atoms with Crippen LogP contribution >= 0.6 is 0 Å². The topological polar surface area (TPSA) is 59.3 Å². The summed E-state index contributed by atoms with van der Waals surface area (Å²) in [6.45, 7) is 3.93. The Morgan fingerprint density at radius 2 is 1.83 bits per heavy atom. The number of hydrogen-bond donors (Lipinski definition) is 1. The molecular weight excluding hydrogens is 230 g/mol. The smallest absolute Gasteiger partial charge is 0.337 e. The number of hydrogen-bond acceptors (Lipinski definition) is 2. The third kappa shape index (κ3) is 2.18. The van der Waals surface area contributed by atoms with Gasteiger partial charge < -0.3 is 5.11 Å². The van der Waals surface area contributed by atoms with Gasteiger partial charge in [0.1, 0.15) is 0 Å². The lowest BCUT2D eigenvalue weighted by Crippen LogP contribution is -2.18. The highest BCUT2D eigenvalue weighted by Gasteiger charge is 2.07. The van der Waals surface area contributed by atoms with Gasteiger partial charge in [0, 0.05) is 18.0 Å². The summed E-state index contributed by atoms with van der Waals surface area (Å²) >= 11 is 0. The molecule has 0 fully saturated rings. The zero-order valence-corrected chi connectivity index (χ0v) is 10.2. The fraction of sp³-hybridized carbons (Fsp3) is 0.143. The minimum Gasteiger partial charge on any atom is -0.478 e. The maximum absolute atomic E-state index is 11.8. The highest BCUT2D eigenvalue weighted by atomic mass is 16.4. The van der Waals surface area contributed by atoms with Gasteiger partial charge in [-0.15, -0.1) is 0 Å². The molecule has 0 radical (unpaired) electrons. The third-order valence-corrected chi connectivity index (χ3v) is 2.93. The largest absolute Gasteiger partial charge is 0.478 e. The standard InChI is InChI=1S/C14H13NO3/c1-9-3-5-12(7-10(9)2)15-8-11(14(17)18)4-6-13(15)16/h3-8H,1-2H3,(H,17,18). The van der Waals surface area contributed by atoms with Crippen LogP contribution in [0.4, 0.5) is 0 Å². The SMILES string of the molecule is Cc1ccc(-n2cc(C(=O)O)ccc2=O)cc1C. The molecule has 0 aliphatic heterocycles. The van der Waals surface area contributed by atoms with Crippen molar-refractivity contribution in [2.75, 3.05) is 0 Å². The first-order chi connectivity index (χ1) is 8.49. The number of pyridine rings is 1. The van der Waals surface area contributed by atoms with E-state index in [1.54, 1.807) is 6.07 Å². The Morgan fingerprint density at radius 1 is 1.11 bits per heavy atom. The van der Waals surface area contributed by atoms with Gasteiger partial charge in [-0.05, 0) is 43.2 Å². The van der Waals surface area contributed by atoms with Crippen LogP contribution in [0.25, 0.3) is 5.69 Å². The van der Waals surface area contributed by atoms with Crippen LogP contribution in [0.2, 0.25) is 0 Å². The second-order valence-electron chi connectivity index (χ2n) is 4.20. The molecule has 4 heteroatoms. The summed E-state index contributed by atoms with van der Waals surface area (Å²) in [7, 11) is 0. The molecule has 0 saturated heterocycles. The molecule has 92 valence electrons. The van der Waals surface area contributed by atoms with Crippen LogP contribution in [0.5, 0.6) is 0 Å². The minimum absolute atomic E-state index is 0.0906. The van der Waals surface area contributed by atoms with E-state index in [4.69, 9.17) is 5.11 Å². The maximum atomic E-state index is 11.8. The highest BCUT2D eigenvalue weighted by Crippen LogP contribution is 2.13. The normalized spacial score (nSPS) is 10.3. The van der Waals surface area contributed by atoms with Crippen molar-refractivity contribution in [1.82, 2.24) is 4.57 Å². The summed E-state index contributed by atoms with van der Waals surface area (Å²) in [5, 5.41) is 8.93. The molecule has 18 heavy (non-hydrogen) atoms. The molecule has 4 nitrogen and oxygen atoms in total. The number of carbonyl (C=O) groups is 1. The van der Waals surface area contributed by atoms with Gasteiger partial charge in [0.05, 0.1) is 5.56 Å². The first kappa shape index (κ1) is 12.1. The van der Waals surface area contributed by atoms with E-state index in [0.29, 0.717) is 5.69 Å². The minimum atomic E-state index is -1.05. The quantitative estimate of drug-likeness (QED) is 0.879. The van der Waals surface area contributed by atoms with Crippen LogP contribution in [0, 0.1) is 13.8 Å². The first-order valence-corrected chi connectivity index (χ1v) is 5.52. The fourth-order valence-electron chi connectivity index (χ4n) is 1.69. The zero-order chi connectivity index (χ0) is 13.3. The predicted octanol–water partition coefficient (Wildman–Crippen LogP) is 2.15. The number of aryl methyl sites for hydroxylation is 2. The number of benzene rings is 1. The summed E-state index contributed by atoms with van der Waals surface area (Å²) in [5.74, 6) is -1.05. The van der Waals surface area contributed by atoms with Gasteiger partial charge in [-0.1, -0.05) is 6.07 Å². The molecule has 2 rings (SSSR count). The van der Waals surface area contributed by atoms with E-state index in [-0.39, 0.29) is 11.1 Å². The summed E-state index contributed by atoms with van der Waals surface area (Å²) in [6, 6.07) is 8.14. The number of aromatic nitrogens is 1. The van der Waals surface area contributed by atoms with Crippen molar-refractivity contribution in [2.24, 2.45) is 0 Å². The number of carboxylic acids is 1. The molecule has 0 aliphatic carbocycles. The molecule has 0 atom stereocenters. The number of aromatic carboxylic acids is 1. The summed E-state index contributed by atoms with van der Waals surface area (Å²) in [4.78, 5) is 22.7. The molecule has 0 bridgehead atoms. The van der Waals surface area contributed by atoms with Gasteiger partial charge in [-0.2, -0.15) is 0 Å². The number of rotatable bonds is 2. The van der Waals surface area contributed by atoms with E-state index < -0.39 is 5.97 Å². The lowest BCUT2D eigenvalue weighted by molar-refractivity contribution is 0.0696. The molecule has 0 spiro atoms. The van der Waals surface area contributed by atoms with E-state index in [2.05, 4.69) is 0 Å². The van der Waals surface area contributed by atoms with Crippen molar-refractivity contribution in [3.63, 3.8) is 0 Å². The van der Waals surface area contributed by atoms with Crippen LogP contribution < -0.4 is 5.56 Å².